The second kappa shape index (κ2) is 5.81. The lowest BCUT2D eigenvalue weighted by atomic mass is 10.3. The zero-order chi connectivity index (χ0) is 16.4. The number of rotatable bonds is 5. The van der Waals surface area contributed by atoms with Gasteiger partial charge in [0.05, 0.1) is 18.5 Å². The second-order valence-electron chi connectivity index (χ2n) is 4.79. The fraction of sp³-hybridized carbons (Fsp3) is 0.133. The molecule has 2 aromatic heterocycles. The van der Waals surface area contributed by atoms with E-state index >= 15 is 0 Å². The third-order valence-electron chi connectivity index (χ3n) is 3.04. The summed E-state index contributed by atoms with van der Waals surface area (Å²) in [5.41, 5.74) is 1.05. The first kappa shape index (κ1) is 15.2. The van der Waals surface area contributed by atoms with E-state index in [0.717, 1.165) is 0 Å². The fourth-order valence-corrected chi connectivity index (χ4v) is 2.95. The Hall–Kier alpha value is -2.74. The SMILES string of the molecule is COc1cccc(NS(=O)(=O)c2ccc(-c3cc(C)no3)o2)c1. The number of anilines is 1. The number of ether oxygens (including phenoxy) is 1. The molecule has 0 aliphatic rings. The number of methoxy groups -OCH3 is 1. The quantitative estimate of drug-likeness (QED) is 0.770. The van der Waals surface area contributed by atoms with Crippen molar-refractivity contribution in [3.05, 3.63) is 48.2 Å². The van der Waals surface area contributed by atoms with Gasteiger partial charge < -0.3 is 13.7 Å². The van der Waals surface area contributed by atoms with Gasteiger partial charge in [-0.2, -0.15) is 8.42 Å². The first-order valence-corrected chi connectivity index (χ1v) is 8.17. The molecular formula is C15H14N2O5S. The lowest BCUT2D eigenvalue weighted by Gasteiger charge is -2.07. The van der Waals surface area contributed by atoms with Crippen LogP contribution in [0.5, 0.6) is 5.75 Å². The average Bonchev–Trinajstić information content (AvgIpc) is 3.16. The monoisotopic (exact) mass is 334 g/mol. The van der Waals surface area contributed by atoms with Crippen molar-refractivity contribution in [2.45, 2.75) is 12.0 Å². The van der Waals surface area contributed by atoms with Crippen molar-refractivity contribution >= 4 is 15.7 Å². The van der Waals surface area contributed by atoms with Crippen LogP contribution in [0, 0.1) is 6.92 Å². The van der Waals surface area contributed by atoms with E-state index in [1.807, 2.05) is 0 Å². The lowest BCUT2D eigenvalue weighted by molar-refractivity contribution is 0.398. The lowest BCUT2D eigenvalue weighted by Crippen LogP contribution is -2.12. The van der Waals surface area contributed by atoms with E-state index in [-0.39, 0.29) is 10.9 Å². The van der Waals surface area contributed by atoms with Crippen molar-refractivity contribution in [2.75, 3.05) is 11.8 Å². The molecule has 120 valence electrons. The molecule has 7 nitrogen and oxygen atoms in total. The molecule has 23 heavy (non-hydrogen) atoms. The van der Waals surface area contributed by atoms with E-state index in [1.165, 1.54) is 19.2 Å². The van der Waals surface area contributed by atoms with Crippen molar-refractivity contribution in [1.82, 2.24) is 5.16 Å². The summed E-state index contributed by atoms with van der Waals surface area (Å²) in [6.07, 6.45) is 0. The van der Waals surface area contributed by atoms with Gasteiger partial charge in [-0.3, -0.25) is 4.72 Å². The highest BCUT2D eigenvalue weighted by molar-refractivity contribution is 7.92. The second-order valence-corrected chi connectivity index (χ2v) is 6.40. The van der Waals surface area contributed by atoms with Gasteiger partial charge in [0.2, 0.25) is 10.9 Å². The number of furan rings is 1. The van der Waals surface area contributed by atoms with Crippen LogP contribution < -0.4 is 9.46 Å². The molecule has 1 aromatic carbocycles. The van der Waals surface area contributed by atoms with E-state index in [2.05, 4.69) is 9.88 Å². The number of benzene rings is 1. The average molecular weight is 334 g/mol. The van der Waals surface area contributed by atoms with Gasteiger partial charge >= 0.3 is 0 Å². The normalized spacial score (nSPS) is 11.4. The number of nitrogens with one attached hydrogen (secondary N) is 1. The number of hydrogen-bond acceptors (Lipinski definition) is 6. The summed E-state index contributed by atoms with van der Waals surface area (Å²) in [6, 6.07) is 11.1. The van der Waals surface area contributed by atoms with E-state index in [4.69, 9.17) is 13.7 Å². The molecule has 0 bridgehead atoms. The molecule has 0 unspecified atom stereocenters. The minimum atomic E-state index is -3.85. The molecule has 1 N–H and O–H groups in total. The highest BCUT2D eigenvalue weighted by atomic mass is 32.2. The van der Waals surface area contributed by atoms with Gasteiger partial charge in [0, 0.05) is 12.1 Å². The van der Waals surface area contributed by atoms with Crippen molar-refractivity contribution in [3.8, 4) is 17.3 Å². The molecule has 0 atom stereocenters. The molecule has 0 radical (unpaired) electrons. The summed E-state index contributed by atoms with van der Waals surface area (Å²) in [5.74, 6) is 1.20. The predicted octanol–water partition coefficient (Wildman–Crippen LogP) is 3.05. The molecule has 0 saturated carbocycles. The van der Waals surface area contributed by atoms with Gasteiger partial charge in [-0.1, -0.05) is 11.2 Å². The number of sulfonamides is 1. The Labute approximate surface area is 132 Å². The highest BCUT2D eigenvalue weighted by Gasteiger charge is 2.21. The summed E-state index contributed by atoms with van der Waals surface area (Å²) < 4.78 is 42.6. The van der Waals surface area contributed by atoms with E-state index in [0.29, 0.717) is 22.9 Å². The first-order chi connectivity index (χ1) is 11.0. The molecular weight excluding hydrogens is 320 g/mol. The summed E-state index contributed by atoms with van der Waals surface area (Å²) >= 11 is 0. The van der Waals surface area contributed by atoms with Gasteiger partial charge in [-0.25, -0.2) is 0 Å². The first-order valence-electron chi connectivity index (χ1n) is 6.68. The number of aromatic nitrogens is 1. The Balaban J connectivity index is 1.86. The van der Waals surface area contributed by atoms with Crippen LogP contribution in [0.25, 0.3) is 11.5 Å². The maximum absolute atomic E-state index is 12.4. The van der Waals surface area contributed by atoms with Gasteiger partial charge in [0.25, 0.3) is 10.0 Å². The third-order valence-corrected chi connectivity index (χ3v) is 4.29. The summed E-state index contributed by atoms with van der Waals surface area (Å²) in [4.78, 5) is 0. The van der Waals surface area contributed by atoms with Crippen LogP contribution in [0.15, 0.2) is 56.5 Å². The Morgan fingerprint density at radius 3 is 2.65 bits per heavy atom. The van der Waals surface area contributed by atoms with Crippen LogP contribution in [-0.2, 0) is 10.0 Å². The zero-order valence-electron chi connectivity index (χ0n) is 12.4. The molecule has 3 rings (SSSR count). The van der Waals surface area contributed by atoms with Gasteiger partial charge in [-0.05, 0) is 31.2 Å². The standard InChI is InChI=1S/C15H14N2O5S/c1-10-8-14(22-16-10)13-6-7-15(21-13)23(18,19)17-11-4-3-5-12(9-11)20-2/h3-9,17H,1-2H3. The largest absolute Gasteiger partial charge is 0.497 e. The van der Waals surface area contributed by atoms with Crippen LogP contribution in [0.1, 0.15) is 5.69 Å². The Morgan fingerprint density at radius 1 is 1.13 bits per heavy atom. The maximum Gasteiger partial charge on any atom is 0.295 e. The topological polar surface area (TPSA) is 94.6 Å². The summed E-state index contributed by atoms with van der Waals surface area (Å²) in [5, 5.41) is 3.52. The van der Waals surface area contributed by atoms with Gasteiger partial charge in [-0.15, -0.1) is 0 Å². The summed E-state index contributed by atoms with van der Waals surface area (Å²) in [6.45, 7) is 1.76. The number of hydrogen-bond donors (Lipinski definition) is 1. The van der Waals surface area contributed by atoms with Gasteiger partial charge in [0.1, 0.15) is 5.75 Å². The number of aryl methyl sites for hydroxylation is 1. The van der Waals surface area contributed by atoms with E-state index in [1.54, 1.807) is 37.3 Å². The van der Waals surface area contributed by atoms with Crippen LogP contribution in [0.3, 0.4) is 0 Å². The Bertz CT molecular complexity index is 927. The number of nitrogens with zero attached hydrogens (tertiary/aromatic N) is 1. The molecule has 0 amide bonds. The zero-order valence-corrected chi connectivity index (χ0v) is 13.3. The maximum atomic E-state index is 12.4. The molecule has 0 spiro atoms. The van der Waals surface area contributed by atoms with Crippen LogP contribution >= 0.6 is 0 Å². The fourth-order valence-electron chi connectivity index (χ4n) is 1.97. The third kappa shape index (κ3) is 3.21. The smallest absolute Gasteiger partial charge is 0.295 e. The van der Waals surface area contributed by atoms with Crippen molar-refractivity contribution in [1.29, 1.82) is 0 Å². The van der Waals surface area contributed by atoms with Crippen LogP contribution in [0.2, 0.25) is 0 Å². The van der Waals surface area contributed by atoms with E-state index < -0.39 is 10.0 Å². The summed E-state index contributed by atoms with van der Waals surface area (Å²) in [7, 11) is -2.35. The van der Waals surface area contributed by atoms with Crippen molar-refractivity contribution in [2.24, 2.45) is 0 Å². The molecule has 3 aromatic rings. The van der Waals surface area contributed by atoms with E-state index in [9.17, 15) is 8.42 Å². The predicted molar refractivity (Wildman–Crippen MR) is 82.7 cm³/mol. The van der Waals surface area contributed by atoms with Crippen LogP contribution in [0.4, 0.5) is 5.69 Å². The Kier molecular flexibility index (Phi) is 3.83. The van der Waals surface area contributed by atoms with Gasteiger partial charge in [0.15, 0.2) is 5.76 Å². The van der Waals surface area contributed by atoms with Crippen LogP contribution in [-0.4, -0.2) is 20.7 Å². The molecule has 0 aliphatic heterocycles. The van der Waals surface area contributed by atoms with Crippen molar-refractivity contribution < 1.29 is 22.1 Å². The minimum Gasteiger partial charge on any atom is -0.497 e. The molecule has 0 aliphatic carbocycles. The molecule has 8 heteroatoms. The van der Waals surface area contributed by atoms with Crippen molar-refractivity contribution in [3.63, 3.8) is 0 Å². The molecule has 0 saturated heterocycles. The minimum absolute atomic E-state index is 0.218. The molecule has 0 fully saturated rings. The molecule has 2 heterocycles. The Morgan fingerprint density at radius 2 is 1.96 bits per heavy atom. The highest BCUT2D eigenvalue weighted by Crippen LogP contribution is 2.27.